The van der Waals surface area contributed by atoms with Crippen LogP contribution in [-0.4, -0.2) is 64.7 Å². The van der Waals surface area contributed by atoms with E-state index in [0.29, 0.717) is 29.2 Å². The normalized spacial score (nSPS) is 15.5. The van der Waals surface area contributed by atoms with Gasteiger partial charge in [-0.2, -0.15) is 4.98 Å². The molecule has 1 aliphatic heterocycles. The van der Waals surface area contributed by atoms with Gasteiger partial charge >= 0.3 is 0 Å². The lowest BCUT2D eigenvalue weighted by Crippen LogP contribution is -2.37. The van der Waals surface area contributed by atoms with Crippen molar-refractivity contribution < 1.29 is 18.3 Å². The first kappa shape index (κ1) is 26.7. The van der Waals surface area contributed by atoms with Gasteiger partial charge in [0.2, 0.25) is 16.0 Å². The summed E-state index contributed by atoms with van der Waals surface area (Å²) in [5.41, 5.74) is 3.63. The number of aryl methyl sites for hydroxylation is 1. The number of carbonyl (C=O) groups is 1. The second kappa shape index (κ2) is 10.7. The van der Waals surface area contributed by atoms with Crippen molar-refractivity contribution in [3.63, 3.8) is 0 Å². The van der Waals surface area contributed by atoms with E-state index in [9.17, 15) is 18.3 Å². The Kier molecular flexibility index (Phi) is 7.34. The van der Waals surface area contributed by atoms with Gasteiger partial charge in [-0.3, -0.25) is 9.52 Å². The van der Waals surface area contributed by atoms with Gasteiger partial charge in [-0.25, -0.2) is 13.4 Å². The van der Waals surface area contributed by atoms with Crippen molar-refractivity contribution in [1.29, 1.82) is 0 Å². The van der Waals surface area contributed by atoms with Gasteiger partial charge in [0.25, 0.3) is 5.91 Å². The minimum absolute atomic E-state index is 0.0427. The Hall–Kier alpha value is -3.87. The number of likely N-dealkylation sites (tertiary alicyclic amines) is 1. The molecule has 204 valence electrons. The second-order valence-electron chi connectivity index (χ2n) is 9.42. The molecule has 1 atom stereocenters. The van der Waals surface area contributed by atoms with Crippen molar-refractivity contribution in [2.75, 3.05) is 34.8 Å². The Bertz CT molecular complexity index is 1660. The van der Waals surface area contributed by atoms with E-state index in [4.69, 9.17) is 11.6 Å². The third-order valence-corrected chi connectivity index (χ3v) is 7.39. The molecule has 5 N–H and O–H groups in total. The zero-order valence-corrected chi connectivity index (χ0v) is 22.9. The molecule has 0 saturated carbocycles. The van der Waals surface area contributed by atoms with E-state index in [2.05, 4.69) is 30.3 Å². The number of aliphatic hydroxyl groups excluding tert-OH is 1. The van der Waals surface area contributed by atoms with Crippen LogP contribution < -0.4 is 15.4 Å². The van der Waals surface area contributed by atoms with Crippen LogP contribution in [0.1, 0.15) is 28.9 Å². The SMILES string of the molecule is Cc1[nH]c2cc(Nc3ncc(Cl)c(Nc4ccccc4NS(C)(=O)=O)n3)ccc2c1C(=O)N1CCCC1CO. The number of hydrogen-bond acceptors (Lipinski definition) is 8. The van der Waals surface area contributed by atoms with E-state index in [1.165, 1.54) is 6.20 Å². The number of rotatable bonds is 8. The maximum atomic E-state index is 13.3. The highest BCUT2D eigenvalue weighted by Crippen LogP contribution is 2.32. The minimum Gasteiger partial charge on any atom is -0.394 e. The average molecular weight is 570 g/mol. The van der Waals surface area contributed by atoms with E-state index in [1.54, 1.807) is 29.2 Å². The summed E-state index contributed by atoms with van der Waals surface area (Å²) in [7, 11) is -3.49. The van der Waals surface area contributed by atoms with Gasteiger partial charge in [-0.05, 0) is 50.1 Å². The number of fused-ring (bicyclic) bond motifs is 1. The molecule has 1 fully saturated rings. The summed E-state index contributed by atoms with van der Waals surface area (Å²) in [5, 5.41) is 16.9. The summed E-state index contributed by atoms with van der Waals surface area (Å²) in [6.45, 7) is 2.45. The van der Waals surface area contributed by atoms with E-state index >= 15 is 0 Å². The molecule has 2 aromatic heterocycles. The number of aromatic nitrogens is 3. The molecular weight excluding hydrogens is 542 g/mol. The number of aromatic amines is 1. The van der Waals surface area contributed by atoms with Crippen LogP contribution in [0.3, 0.4) is 0 Å². The third kappa shape index (κ3) is 5.77. The highest BCUT2D eigenvalue weighted by molar-refractivity contribution is 7.92. The number of carbonyl (C=O) groups excluding carboxylic acids is 1. The van der Waals surface area contributed by atoms with Crippen LogP contribution in [0.4, 0.5) is 28.8 Å². The molecule has 1 unspecified atom stereocenters. The van der Waals surface area contributed by atoms with Crippen LogP contribution in [0.15, 0.2) is 48.7 Å². The molecule has 11 nitrogen and oxygen atoms in total. The number of nitrogens with one attached hydrogen (secondary N) is 4. The van der Waals surface area contributed by atoms with E-state index < -0.39 is 10.0 Å². The number of anilines is 5. The molecule has 1 saturated heterocycles. The Morgan fingerprint density at radius 2 is 1.97 bits per heavy atom. The fourth-order valence-corrected chi connectivity index (χ4v) is 5.49. The third-order valence-electron chi connectivity index (χ3n) is 6.52. The summed E-state index contributed by atoms with van der Waals surface area (Å²) >= 11 is 6.33. The number of hydrogen-bond donors (Lipinski definition) is 5. The average Bonchev–Trinajstić information content (AvgIpc) is 3.49. The Balaban J connectivity index is 1.39. The zero-order chi connectivity index (χ0) is 27.7. The fraction of sp³-hybridized carbons (Fsp3) is 0.269. The van der Waals surface area contributed by atoms with Gasteiger partial charge in [0.15, 0.2) is 5.82 Å². The molecule has 0 aliphatic carbocycles. The topological polar surface area (TPSA) is 152 Å². The Labute approximate surface area is 230 Å². The quantitative estimate of drug-likeness (QED) is 0.210. The largest absolute Gasteiger partial charge is 0.394 e. The highest BCUT2D eigenvalue weighted by Gasteiger charge is 2.31. The van der Waals surface area contributed by atoms with Crippen LogP contribution >= 0.6 is 11.6 Å². The van der Waals surface area contributed by atoms with Gasteiger partial charge in [0.1, 0.15) is 5.02 Å². The molecule has 5 rings (SSSR count). The number of H-pyrrole nitrogens is 1. The summed E-state index contributed by atoms with van der Waals surface area (Å²) in [4.78, 5) is 27.1. The van der Waals surface area contributed by atoms with Crippen molar-refractivity contribution in [3.8, 4) is 0 Å². The molecule has 1 aliphatic rings. The predicted octanol–water partition coefficient (Wildman–Crippen LogP) is 4.38. The van der Waals surface area contributed by atoms with Crippen molar-refractivity contribution in [3.05, 3.63) is 64.9 Å². The van der Waals surface area contributed by atoms with Crippen LogP contribution in [0.25, 0.3) is 10.9 Å². The lowest BCUT2D eigenvalue weighted by atomic mass is 10.1. The Morgan fingerprint density at radius 3 is 2.72 bits per heavy atom. The van der Waals surface area contributed by atoms with Crippen LogP contribution in [0.5, 0.6) is 0 Å². The standard InChI is InChI=1S/C26H28ClN7O4S/c1-15-23(25(36)34-11-5-6-17(34)14-35)18-10-9-16(12-22(18)29-15)30-26-28-13-19(27)24(32-26)31-20-7-3-4-8-21(20)33-39(2,37)38/h3-4,7-10,12-13,17,29,33,35H,5-6,11,14H2,1-2H3,(H2,28,30,31,32). The molecule has 3 heterocycles. The molecule has 4 aromatic rings. The lowest BCUT2D eigenvalue weighted by Gasteiger charge is -2.23. The lowest BCUT2D eigenvalue weighted by molar-refractivity contribution is 0.0679. The summed E-state index contributed by atoms with van der Waals surface area (Å²) in [6, 6.07) is 12.2. The van der Waals surface area contributed by atoms with Crippen LogP contribution in [0.2, 0.25) is 5.02 Å². The van der Waals surface area contributed by atoms with Gasteiger partial charge in [0, 0.05) is 28.8 Å². The number of para-hydroxylation sites is 2. The Morgan fingerprint density at radius 1 is 1.21 bits per heavy atom. The number of nitrogens with zero attached hydrogens (tertiary/aromatic N) is 3. The monoisotopic (exact) mass is 569 g/mol. The van der Waals surface area contributed by atoms with Crippen LogP contribution in [-0.2, 0) is 10.0 Å². The van der Waals surface area contributed by atoms with Crippen molar-refractivity contribution in [2.24, 2.45) is 0 Å². The molecule has 2 aromatic carbocycles. The van der Waals surface area contributed by atoms with E-state index in [1.807, 2.05) is 25.1 Å². The molecule has 39 heavy (non-hydrogen) atoms. The van der Waals surface area contributed by atoms with E-state index in [-0.39, 0.29) is 35.3 Å². The summed E-state index contributed by atoms with van der Waals surface area (Å²) < 4.78 is 26.0. The number of aliphatic hydroxyl groups is 1. The predicted molar refractivity (Wildman–Crippen MR) is 153 cm³/mol. The molecular formula is C26H28ClN7O4S. The van der Waals surface area contributed by atoms with Gasteiger partial charge in [-0.1, -0.05) is 23.7 Å². The fourth-order valence-electron chi connectivity index (χ4n) is 4.77. The minimum atomic E-state index is -3.49. The van der Waals surface area contributed by atoms with Crippen molar-refractivity contribution in [1.82, 2.24) is 19.9 Å². The molecule has 0 radical (unpaired) electrons. The van der Waals surface area contributed by atoms with Crippen molar-refractivity contribution >= 4 is 67.3 Å². The highest BCUT2D eigenvalue weighted by atomic mass is 35.5. The van der Waals surface area contributed by atoms with Gasteiger partial charge in [-0.15, -0.1) is 0 Å². The number of benzene rings is 2. The molecule has 1 amide bonds. The second-order valence-corrected chi connectivity index (χ2v) is 11.6. The molecule has 0 bridgehead atoms. The first-order chi connectivity index (χ1) is 18.6. The number of sulfonamides is 1. The first-order valence-electron chi connectivity index (χ1n) is 12.3. The summed E-state index contributed by atoms with van der Waals surface area (Å²) in [5.74, 6) is 0.460. The number of halogens is 1. The van der Waals surface area contributed by atoms with Crippen molar-refractivity contribution in [2.45, 2.75) is 25.8 Å². The maximum absolute atomic E-state index is 13.3. The zero-order valence-electron chi connectivity index (χ0n) is 21.3. The molecule has 13 heteroatoms. The maximum Gasteiger partial charge on any atom is 0.256 e. The van der Waals surface area contributed by atoms with Gasteiger partial charge < -0.3 is 25.6 Å². The first-order valence-corrected chi connectivity index (χ1v) is 14.6. The van der Waals surface area contributed by atoms with E-state index in [0.717, 1.165) is 35.7 Å². The van der Waals surface area contributed by atoms with Crippen LogP contribution in [0, 0.1) is 6.92 Å². The van der Waals surface area contributed by atoms with Gasteiger partial charge in [0.05, 0.1) is 42.0 Å². The smallest absolute Gasteiger partial charge is 0.256 e. The number of amides is 1. The molecule has 0 spiro atoms. The summed E-state index contributed by atoms with van der Waals surface area (Å²) in [6.07, 6.45) is 4.19.